The molecule has 0 radical (unpaired) electrons. The van der Waals surface area contributed by atoms with Crippen molar-refractivity contribution < 1.29 is 32.9 Å². The van der Waals surface area contributed by atoms with Gasteiger partial charge in [0.05, 0.1) is 6.26 Å². The number of rotatable bonds is 3. The van der Waals surface area contributed by atoms with Crippen LogP contribution in [0.5, 0.6) is 11.5 Å². The summed E-state index contributed by atoms with van der Waals surface area (Å²) in [5.41, 5.74) is 3.03. The number of hydrogen-bond donors (Lipinski definition) is 2. The maximum Gasteiger partial charge on any atom is 0.337 e. The molecule has 0 amide bonds. The number of aliphatic hydroxyl groups is 1. The van der Waals surface area contributed by atoms with E-state index in [2.05, 4.69) is 17.0 Å². The zero-order chi connectivity index (χ0) is 25.4. The summed E-state index contributed by atoms with van der Waals surface area (Å²) in [5, 5.41) is 17.4. The lowest BCUT2D eigenvalue weighted by Gasteiger charge is -2.51. The molecule has 2 saturated heterocycles. The predicted molar refractivity (Wildman–Crippen MR) is 132 cm³/mol. The van der Waals surface area contributed by atoms with Crippen molar-refractivity contribution >= 4 is 16.0 Å². The SMILES string of the molecule is CS(=O)(=O)N1CCC[C@@H]2CN3CCc4cc5c(cc4[C@@H]3C[C@@H]21)OCO5.O=C(O)C(O)c1ccccc1. The first-order chi connectivity index (χ1) is 17.2. The highest BCUT2D eigenvalue weighted by Crippen LogP contribution is 2.46. The van der Waals surface area contributed by atoms with Gasteiger partial charge in [0.1, 0.15) is 0 Å². The van der Waals surface area contributed by atoms with Gasteiger partial charge < -0.3 is 19.7 Å². The summed E-state index contributed by atoms with van der Waals surface area (Å²) in [5.74, 6) is 0.897. The Morgan fingerprint density at radius 1 is 1.11 bits per heavy atom. The van der Waals surface area contributed by atoms with E-state index in [1.54, 1.807) is 34.6 Å². The zero-order valence-electron chi connectivity index (χ0n) is 20.2. The fourth-order valence-electron chi connectivity index (χ4n) is 5.98. The Morgan fingerprint density at radius 2 is 1.83 bits per heavy atom. The number of piperidine rings is 2. The van der Waals surface area contributed by atoms with Gasteiger partial charge in [-0.15, -0.1) is 0 Å². The molecule has 4 atom stereocenters. The van der Waals surface area contributed by atoms with Crippen LogP contribution in [0.1, 0.15) is 48.1 Å². The fourth-order valence-corrected chi connectivity index (χ4v) is 7.19. The van der Waals surface area contributed by atoms with E-state index in [9.17, 15) is 13.2 Å². The molecule has 1 unspecified atom stereocenters. The van der Waals surface area contributed by atoms with Crippen LogP contribution in [0.25, 0.3) is 0 Å². The van der Waals surface area contributed by atoms with Gasteiger partial charge in [-0.3, -0.25) is 4.90 Å². The van der Waals surface area contributed by atoms with Crippen molar-refractivity contribution in [3.8, 4) is 11.5 Å². The third-order valence-electron chi connectivity index (χ3n) is 7.68. The van der Waals surface area contributed by atoms with Crippen LogP contribution >= 0.6 is 0 Å². The Bertz CT molecular complexity index is 1220. The lowest BCUT2D eigenvalue weighted by Crippen LogP contribution is -2.57. The van der Waals surface area contributed by atoms with Gasteiger partial charge in [-0.05, 0) is 60.4 Å². The number of sulfonamides is 1. The summed E-state index contributed by atoms with van der Waals surface area (Å²) in [6, 6.07) is 12.9. The second-order valence-corrected chi connectivity index (χ2v) is 11.8. The molecule has 0 bridgehead atoms. The van der Waals surface area contributed by atoms with Gasteiger partial charge in [0.2, 0.25) is 16.8 Å². The largest absolute Gasteiger partial charge is 0.479 e. The monoisotopic (exact) mass is 516 g/mol. The first-order valence-electron chi connectivity index (χ1n) is 12.3. The molecule has 2 aromatic carbocycles. The standard InChI is InChI=1S/C18H24N2O4S.C8H8O3/c1-25(21,22)20-5-2-3-13-10-19-6-4-12-7-17-18(24-11-23-17)8-14(12)16(19)9-15(13)20;9-7(8(10)11)6-4-2-1-3-5-6/h7-8,13,15-16H,2-6,9-11H2,1H3;1-5,7,9H,(H,10,11)/t13-,15+,16+;/m1./s1. The molecular formula is C26H32N2O7S. The molecule has 9 nitrogen and oxygen atoms in total. The van der Waals surface area contributed by atoms with Crippen molar-refractivity contribution in [2.75, 3.05) is 32.7 Å². The second-order valence-electron chi connectivity index (χ2n) is 9.90. The molecule has 0 saturated carbocycles. The van der Waals surface area contributed by atoms with E-state index in [1.165, 1.54) is 17.4 Å². The molecule has 4 heterocycles. The van der Waals surface area contributed by atoms with Crippen molar-refractivity contribution in [2.24, 2.45) is 5.92 Å². The molecule has 2 aromatic rings. The van der Waals surface area contributed by atoms with Gasteiger partial charge in [0.15, 0.2) is 17.6 Å². The first-order valence-corrected chi connectivity index (χ1v) is 14.2. The Balaban J connectivity index is 0.000000205. The molecule has 0 aliphatic carbocycles. The van der Waals surface area contributed by atoms with Crippen molar-refractivity contribution in [2.45, 2.75) is 43.9 Å². The molecule has 10 heteroatoms. The molecule has 2 N–H and O–H groups in total. The van der Waals surface area contributed by atoms with Crippen LogP contribution in [0.4, 0.5) is 0 Å². The highest BCUT2D eigenvalue weighted by Gasteiger charge is 2.45. The molecule has 4 aliphatic heterocycles. The quantitative estimate of drug-likeness (QED) is 0.640. The minimum Gasteiger partial charge on any atom is -0.479 e. The third kappa shape index (κ3) is 4.95. The summed E-state index contributed by atoms with van der Waals surface area (Å²) in [6.07, 6.45) is 3.96. The highest BCUT2D eigenvalue weighted by molar-refractivity contribution is 7.88. The van der Waals surface area contributed by atoms with Crippen LogP contribution in [0.15, 0.2) is 42.5 Å². The first kappa shape index (κ1) is 25.0. The summed E-state index contributed by atoms with van der Waals surface area (Å²) < 4.78 is 37.4. The molecule has 194 valence electrons. The van der Waals surface area contributed by atoms with Crippen molar-refractivity contribution in [3.63, 3.8) is 0 Å². The van der Waals surface area contributed by atoms with E-state index < -0.39 is 22.1 Å². The van der Waals surface area contributed by atoms with Crippen LogP contribution in [0, 0.1) is 5.92 Å². The molecule has 2 fully saturated rings. The lowest BCUT2D eigenvalue weighted by molar-refractivity contribution is -0.146. The third-order valence-corrected chi connectivity index (χ3v) is 8.98. The van der Waals surface area contributed by atoms with Gasteiger partial charge in [-0.25, -0.2) is 13.2 Å². The number of ether oxygens (including phenoxy) is 2. The molecule has 4 aliphatic rings. The fraction of sp³-hybridized carbons (Fsp3) is 0.500. The Hall–Kier alpha value is -2.66. The molecular weight excluding hydrogens is 484 g/mol. The summed E-state index contributed by atoms with van der Waals surface area (Å²) in [7, 11) is -3.15. The number of aliphatic carboxylic acids is 1. The molecule has 36 heavy (non-hydrogen) atoms. The minimum absolute atomic E-state index is 0.126. The highest BCUT2D eigenvalue weighted by atomic mass is 32.2. The number of carboxylic acids is 1. The van der Waals surface area contributed by atoms with Gasteiger partial charge in [-0.2, -0.15) is 4.31 Å². The predicted octanol–water partition coefficient (Wildman–Crippen LogP) is 2.56. The van der Waals surface area contributed by atoms with Crippen LogP contribution in [0.3, 0.4) is 0 Å². The van der Waals surface area contributed by atoms with Crippen LogP contribution in [-0.4, -0.2) is 72.5 Å². The van der Waals surface area contributed by atoms with Crippen LogP contribution in [-0.2, 0) is 21.2 Å². The summed E-state index contributed by atoms with van der Waals surface area (Å²) >= 11 is 0. The number of aliphatic hydroxyl groups excluding tert-OH is 1. The number of nitrogens with zero attached hydrogens (tertiary/aromatic N) is 2. The van der Waals surface area contributed by atoms with Gasteiger partial charge in [0, 0.05) is 31.7 Å². The van der Waals surface area contributed by atoms with E-state index in [4.69, 9.17) is 19.7 Å². The van der Waals surface area contributed by atoms with E-state index >= 15 is 0 Å². The number of hydrogen-bond acceptors (Lipinski definition) is 7. The molecule has 0 aromatic heterocycles. The summed E-state index contributed by atoms with van der Waals surface area (Å²) in [4.78, 5) is 12.8. The number of fused-ring (bicyclic) bond motifs is 5. The van der Waals surface area contributed by atoms with Crippen LogP contribution in [0.2, 0.25) is 0 Å². The van der Waals surface area contributed by atoms with E-state index in [1.807, 2.05) is 0 Å². The molecule has 0 spiro atoms. The average Bonchev–Trinajstić information content (AvgIpc) is 3.33. The van der Waals surface area contributed by atoms with E-state index in [-0.39, 0.29) is 12.1 Å². The normalized spacial score (nSPS) is 26.0. The minimum atomic E-state index is -3.15. The smallest absolute Gasteiger partial charge is 0.337 e. The lowest BCUT2D eigenvalue weighted by atomic mass is 9.77. The van der Waals surface area contributed by atoms with Gasteiger partial charge >= 0.3 is 5.97 Å². The summed E-state index contributed by atoms with van der Waals surface area (Å²) in [6.45, 7) is 2.99. The van der Waals surface area contributed by atoms with Crippen LogP contribution < -0.4 is 9.47 Å². The van der Waals surface area contributed by atoms with Crippen molar-refractivity contribution in [1.82, 2.24) is 9.21 Å². The van der Waals surface area contributed by atoms with Gasteiger partial charge in [-0.1, -0.05) is 30.3 Å². The maximum atomic E-state index is 12.3. The topological polar surface area (TPSA) is 117 Å². The second kappa shape index (κ2) is 10.0. The van der Waals surface area contributed by atoms with Gasteiger partial charge in [0.25, 0.3) is 0 Å². The number of carboxylic acid groups (broad SMARTS) is 1. The Morgan fingerprint density at radius 3 is 2.53 bits per heavy atom. The van der Waals surface area contributed by atoms with E-state index in [0.29, 0.717) is 24.8 Å². The number of benzene rings is 2. The zero-order valence-corrected chi connectivity index (χ0v) is 21.1. The van der Waals surface area contributed by atoms with E-state index in [0.717, 1.165) is 50.3 Å². The van der Waals surface area contributed by atoms with Crippen molar-refractivity contribution in [1.29, 1.82) is 0 Å². The number of carbonyl (C=O) groups is 1. The maximum absolute atomic E-state index is 12.3. The molecule has 6 rings (SSSR count). The van der Waals surface area contributed by atoms with Crippen molar-refractivity contribution in [3.05, 3.63) is 59.2 Å². The Kier molecular flexibility index (Phi) is 6.95. The Labute approximate surface area is 211 Å². The average molecular weight is 517 g/mol.